The number of phenols is 2. The van der Waals surface area contributed by atoms with Crippen LogP contribution in [-0.4, -0.2) is 40.6 Å². The molecule has 0 saturated carbocycles. The minimum Gasteiger partial charge on any atom is -0.504 e. The van der Waals surface area contributed by atoms with E-state index in [9.17, 15) is 15.0 Å². The van der Waals surface area contributed by atoms with Crippen LogP contribution >= 0.6 is 0 Å². The van der Waals surface area contributed by atoms with Crippen LogP contribution in [0, 0.1) is 0 Å². The largest absolute Gasteiger partial charge is 0.504 e. The topological polar surface area (TPSA) is 85.2 Å². The van der Waals surface area contributed by atoms with Crippen molar-refractivity contribution in [1.29, 1.82) is 0 Å². The van der Waals surface area contributed by atoms with Gasteiger partial charge in [-0.15, -0.1) is 0 Å². The Kier molecular flexibility index (Phi) is 2.63. The highest BCUT2D eigenvalue weighted by Gasteiger charge is 2.17. The standard InChI is InChI=1S/C10H11N3O3/c14-8-3-1-2-7(9(8)15)6-12-13-5-4-11-10(13)16/h1-3,6,14-15H,4-5H2,(H,11,16). The van der Waals surface area contributed by atoms with Gasteiger partial charge in [-0.1, -0.05) is 6.07 Å². The summed E-state index contributed by atoms with van der Waals surface area (Å²) >= 11 is 0. The fourth-order valence-corrected chi connectivity index (χ4v) is 1.36. The van der Waals surface area contributed by atoms with Crippen LogP contribution in [0.4, 0.5) is 4.79 Å². The van der Waals surface area contributed by atoms with Gasteiger partial charge in [-0.05, 0) is 12.1 Å². The van der Waals surface area contributed by atoms with Crippen molar-refractivity contribution in [2.45, 2.75) is 0 Å². The van der Waals surface area contributed by atoms with E-state index >= 15 is 0 Å². The Morgan fingerprint density at radius 3 is 2.94 bits per heavy atom. The highest BCUT2D eigenvalue weighted by Crippen LogP contribution is 2.26. The third kappa shape index (κ3) is 1.90. The Hall–Kier alpha value is -2.24. The number of hydrazone groups is 1. The molecule has 1 saturated heterocycles. The number of para-hydroxylation sites is 1. The number of hydrogen-bond acceptors (Lipinski definition) is 4. The summed E-state index contributed by atoms with van der Waals surface area (Å²) in [5, 5.41) is 26.5. The Labute approximate surface area is 91.8 Å². The number of amides is 2. The van der Waals surface area contributed by atoms with E-state index in [-0.39, 0.29) is 17.5 Å². The second-order valence-corrected chi connectivity index (χ2v) is 3.31. The van der Waals surface area contributed by atoms with E-state index in [1.165, 1.54) is 17.3 Å². The molecule has 0 unspecified atom stereocenters. The van der Waals surface area contributed by atoms with Crippen molar-refractivity contribution in [3.63, 3.8) is 0 Å². The van der Waals surface area contributed by atoms with Gasteiger partial charge in [0.1, 0.15) is 0 Å². The van der Waals surface area contributed by atoms with Crippen LogP contribution in [0.3, 0.4) is 0 Å². The van der Waals surface area contributed by atoms with E-state index in [1.807, 2.05) is 0 Å². The van der Waals surface area contributed by atoms with Gasteiger partial charge in [0.25, 0.3) is 0 Å². The van der Waals surface area contributed by atoms with Gasteiger partial charge in [0.2, 0.25) is 0 Å². The maximum atomic E-state index is 11.1. The lowest BCUT2D eigenvalue weighted by molar-refractivity contribution is 0.219. The molecule has 0 atom stereocenters. The number of carbonyl (C=O) groups is 1. The molecule has 1 aromatic carbocycles. The first-order chi connectivity index (χ1) is 7.68. The van der Waals surface area contributed by atoms with Crippen LogP contribution in [-0.2, 0) is 0 Å². The lowest BCUT2D eigenvalue weighted by atomic mass is 10.2. The molecule has 0 aromatic heterocycles. The summed E-state index contributed by atoms with van der Waals surface area (Å²) in [7, 11) is 0. The van der Waals surface area contributed by atoms with Gasteiger partial charge in [0, 0.05) is 12.1 Å². The third-order valence-electron chi connectivity index (χ3n) is 2.22. The number of urea groups is 1. The quantitative estimate of drug-likeness (QED) is 0.501. The molecular formula is C10H11N3O3. The smallest absolute Gasteiger partial charge is 0.337 e. The van der Waals surface area contributed by atoms with Gasteiger partial charge < -0.3 is 15.5 Å². The molecule has 16 heavy (non-hydrogen) atoms. The van der Waals surface area contributed by atoms with Crippen molar-refractivity contribution < 1.29 is 15.0 Å². The number of aromatic hydroxyl groups is 2. The molecule has 1 fully saturated rings. The van der Waals surface area contributed by atoms with Crippen LogP contribution in [0.1, 0.15) is 5.56 Å². The van der Waals surface area contributed by atoms with Crippen LogP contribution in [0.15, 0.2) is 23.3 Å². The van der Waals surface area contributed by atoms with Gasteiger partial charge in [-0.2, -0.15) is 5.10 Å². The predicted octanol–water partition coefficient (Wildman–Crippen LogP) is 0.457. The van der Waals surface area contributed by atoms with Crippen LogP contribution in [0.5, 0.6) is 11.5 Å². The summed E-state index contributed by atoms with van der Waals surface area (Å²) in [6.45, 7) is 1.05. The molecule has 1 aliphatic rings. The van der Waals surface area contributed by atoms with Gasteiger partial charge >= 0.3 is 6.03 Å². The minimum atomic E-state index is -0.268. The zero-order valence-corrected chi connectivity index (χ0v) is 8.42. The van der Waals surface area contributed by atoms with Crippen LogP contribution in [0.25, 0.3) is 0 Å². The zero-order valence-electron chi connectivity index (χ0n) is 8.42. The molecule has 84 valence electrons. The number of benzene rings is 1. The second kappa shape index (κ2) is 4.09. The number of phenolic OH excluding ortho intramolecular Hbond substituents is 2. The van der Waals surface area contributed by atoms with Crippen LogP contribution in [0.2, 0.25) is 0 Å². The van der Waals surface area contributed by atoms with Crippen molar-refractivity contribution >= 4 is 12.2 Å². The van der Waals surface area contributed by atoms with Crippen molar-refractivity contribution in [1.82, 2.24) is 10.3 Å². The lowest BCUT2D eigenvalue weighted by Crippen LogP contribution is -2.23. The zero-order chi connectivity index (χ0) is 11.5. The van der Waals surface area contributed by atoms with E-state index in [0.29, 0.717) is 18.7 Å². The Bertz CT molecular complexity index is 445. The molecule has 6 heteroatoms. The van der Waals surface area contributed by atoms with Gasteiger partial charge in [-0.3, -0.25) is 0 Å². The Balaban J connectivity index is 2.17. The molecule has 2 rings (SSSR count). The average Bonchev–Trinajstić information content (AvgIpc) is 2.67. The first-order valence-electron chi connectivity index (χ1n) is 4.79. The molecule has 0 spiro atoms. The number of rotatable bonds is 2. The van der Waals surface area contributed by atoms with Gasteiger partial charge in [-0.25, -0.2) is 9.80 Å². The van der Waals surface area contributed by atoms with E-state index in [0.717, 1.165) is 0 Å². The monoisotopic (exact) mass is 221 g/mol. The average molecular weight is 221 g/mol. The number of hydrogen-bond donors (Lipinski definition) is 3. The van der Waals surface area contributed by atoms with E-state index in [4.69, 9.17) is 0 Å². The molecule has 6 nitrogen and oxygen atoms in total. The maximum Gasteiger partial charge on any atom is 0.337 e. The van der Waals surface area contributed by atoms with Crippen LogP contribution < -0.4 is 5.32 Å². The van der Waals surface area contributed by atoms with E-state index < -0.39 is 0 Å². The molecule has 0 aliphatic carbocycles. The van der Waals surface area contributed by atoms with Crippen molar-refractivity contribution in [3.8, 4) is 11.5 Å². The van der Waals surface area contributed by atoms with Crippen molar-refractivity contribution in [2.75, 3.05) is 13.1 Å². The normalized spacial score (nSPS) is 15.8. The maximum absolute atomic E-state index is 11.1. The molecule has 1 aromatic rings. The molecule has 2 amide bonds. The highest BCUT2D eigenvalue weighted by molar-refractivity contribution is 5.86. The predicted molar refractivity (Wildman–Crippen MR) is 57.5 cm³/mol. The fourth-order valence-electron chi connectivity index (χ4n) is 1.36. The lowest BCUT2D eigenvalue weighted by Gasteiger charge is -2.06. The first-order valence-corrected chi connectivity index (χ1v) is 4.79. The molecule has 1 heterocycles. The molecular weight excluding hydrogens is 210 g/mol. The first kappa shape index (κ1) is 10.3. The SMILES string of the molecule is O=C1NCCN1N=Cc1cccc(O)c1O. The highest BCUT2D eigenvalue weighted by atomic mass is 16.3. The molecule has 0 radical (unpaired) electrons. The van der Waals surface area contributed by atoms with E-state index in [1.54, 1.807) is 12.1 Å². The Morgan fingerprint density at radius 1 is 1.44 bits per heavy atom. The Morgan fingerprint density at radius 2 is 2.25 bits per heavy atom. The summed E-state index contributed by atoms with van der Waals surface area (Å²) in [4.78, 5) is 11.1. The summed E-state index contributed by atoms with van der Waals surface area (Å²) in [5.41, 5.74) is 0.361. The van der Waals surface area contributed by atoms with Crippen molar-refractivity contribution in [3.05, 3.63) is 23.8 Å². The fraction of sp³-hybridized carbons (Fsp3) is 0.200. The summed E-state index contributed by atoms with van der Waals surface area (Å²) in [6, 6.07) is 4.28. The number of carbonyl (C=O) groups excluding carboxylic acids is 1. The molecule has 0 bridgehead atoms. The third-order valence-corrected chi connectivity index (χ3v) is 2.22. The summed E-state index contributed by atoms with van der Waals surface area (Å²) in [6.07, 6.45) is 1.33. The summed E-state index contributed by atoms with van der Waals surface area (Å²) < 4.78 is 0. The van der Waals surface area contributed by atoms with Gasteiger partial charge in [0.15, 0.2) is 11.5 Å². The number of nitrogens with zero attached hydrogens (tertiary/aromatic N) is 2. The molecule has 1 aliphatic heterocycles. The number of nitrogens with one attached hydrogen (secondary N) is 1. The van der Waals surface area contributed by atoms with E-state index in [2.05, 4.69) is 10.4 Å². The van der Waals surface area contributed by atoms with Crippen molar-refractivity contribution in [2.24, 2.45) is 5.10 Å². The molecule has 3 N–H and O–H groups in total. The second-order valence-electron chi connectivity index (χ2n) is 3.31. The summed E-state index contributed by atoms with van der Waals surface area (Å²) in [5.74, 6) is -0.458. The van der Waals surface area contributed by atoms with Gasteiger partial charge in [0.05, 0.1) is 12.8 Å². The minimum absolute atomic E-state index is 0.213.